The number of carboxylic acid groups (broad SMARTS) is 1. The number of piperidine rings is 1. The molecule has 0 spiro atoms. The molecule has 1 aliphatic heterocycles. The van der Waals surface area contributed by atoms with E-state index in [1.807, 2.05) is 0 Å². The van der Waals surface area contributed by atoms with Crippen molar-refractivity contribution in [2.24, 2.45) is 5.41 Å². The minimum atomic E-state index is -0.862. The quantitative estimate of drug-likeness (QED) is 0.828. The molecule has 1 atom stereocenters. The van der Waals surface area contributed by atoms with Gasteiger partial charge in [0.25, 0.3) is 0 Å². The van der Waals surface area contributed by atoms with Gasteiger partial charge < -0.3 is 20.0 Å². The number of aliphatic hydroxyl groups is 1. The van der Waals surface area contributed by atoms with Crippen molar-refractivity contribution >= 4 is 12.0 Å². The van der Waals surface area contributed by atoms with E-state index in [0.29, 0.717) is 25.9 Å². The molecular formula is C15H26N2O4. The largest absolute Gasteiger partial charge is 0.481 e. The van der Waals surface area contributed by atoms with Gasteiger partial charge in [0.15, 0.2) is 0 Å². The number of carbonyl (C=O) groups is 2. The predicted molar refractivity (Wildman–Crippen MR) is 78.0 cm³/mol. The topological polar surface area (TPSA) is 81.1 Å². The van der Waals surface area contributed by atoms with Gasteiger partial charge in [-0.1, -0.05) is 12.8 Å². The number of amides is 2. The van der Waals surface area contributed by atoms with Gasteiger partial charge in [-0.3, -0.25) is 4.79 Å². The van der Waals surface area contributed by atoms with Crippen molar-refractivity contribution < 1.29 is 19.8 Å². The van der Waals surface area contributed by atoms with Crippen molar-refractivity contribution in [3.05, 3.63) is 0 Å². The molecule has 1 heterocycles. The lowest BCUT2D eigenvalue weighted by atomic mass is 9.82. The van der Waals surface area contributed by atoms with Crippen LogP contribution >= 0.6 is 0 Å². The molecule has 21 heavy (non-hydrogen) atoms. The van der Waals surface area contributed by atoms with Gasteiger partial charge in [-0.15, -0.1) is 0 Å². The molecule has 0 aromatic heterocycles. The highest BCUT2D eigenvalue weighted by Crippen LogP contribution is 2.32. The number of nitrogens with zero attached hydrogens (tertiary/aromatic N) is 2. The van der Waals surface area contributed by atoms with Crippen LogP contribution in [0, 0.1) is 5.41 Å². The minimum Gasteiger partial charge on any atom is -0.481 e. The molecule has 1 saturated carbocycles. The molecule has 0 aromatic rings. The van der Waals surface area contributed by atoms with Crippen molar-refractivity contribution in [1.82, 2.24) is 9.80 Å². The molecule has 2 rings (SSSR count). The summed E-state index contributed by atoms with van der Waals surface area (Å²) in [5.41, 5.74) is -1.63. The smallest absolute Gasteiger partial charge is 0.319 e. The maximum Gasteiger partial charge on any atom is 0.319 e. The van der Waals surface area contributed by atoms with Gasteiger partial charge in [-0.2, -0.15) is 0 Å². The molecule has 1 unspecified atom stereocenters. The lowest BCUT2D eigenvalue weighted by Gasteiger charge is -2.40. The van der Waals surface area contributed by atoms with E-state index in [9.17, 15) is 19.8 Å². The Bertz CT molecular complexity index is 420. The van der Waals surface area contributed by atoms with Crippen LogP contribution in [0.15, 0.2) is 0 Å². The van der Waals surface area contributed by atoms with Crippen LogP contribution in [0.25, 0.3) is 0 Å². The molecule has 0 radical (unpaired) electrons. The number of carboxylic acids is 1. The molecule has 1 saturated heterocycles. The number of likely N-dealkylation sites (tertiary alicyclic amines) is 1. The van der Waals surface area contributed by atoms with Crippen LogP contribution in [0.4, 0.5) is 4.79 Å². The highest BCUT2D eigenvalue weighted by Gasteiger charge is 2.41. The van der Waals surface area contributed by atoms with Crippen LogP contribution in [-0.4, -0.2) is 64.3 Å². The van der Waals surface area contributed by atoms with E-state index >= 15 is 0 Å². The summed E-state index contributed by atoms with van der Waals surface area (Å²) in [5, 5.41) is 19.7. The number of carbonyl (C=O) groups excluding carboxylic acids is 1. The molecule has 6 heteroatoms. The van der Waals surface area contributed by atoms with Crippen LogP contribution in [0.3, 0.4) is 0 Å². The number of urea groups is 1. The Labute approximate surface area is 125 Å². The van der Waals surface area contributed by atoms with Crippen LogP contribution in [0.2, 0.25) is 0 Å². The Hall–Kier alpha value is -1.30. The Morgan fingerprint density at radius 2 is 1.81 bits per heavy atom. The van der Waals surface area contributed by atoms with E-state index in [1.54, 1.807) is 23.8 Å². The van der Waals surface area contributed by atoms with Gasteiger partial charge in [0.05, 0.1) is 17.6 Å². The summed E-state index contributed by atoms with van der Waals surface area (Å²) in [6.07, 6.45) is 4.76. The molecule has 2 fully saturated rings. The van der Waals surface area contributed by atoms with Crippen molar-refractivity contribution in [2.45, 2.75) is 51.0 Å². The fourth-order valence-electron chi connectivity index (χ4n) is 3.52. The van der Waals surface area contributed by atoms with Gasteiger partial charge in [-0.25, -0.2) is 4.79 Å². The van der Waals surface area contributed by atoms with Gasteiger partial charge in [-0.05, 0) is 32.6 Å². The molecule has 2 amide bonds. The number of likely N-dealkylation sites (N-methyl/N-ethyl adjacent to an activating group) is 1. The summed E-state index contributed by atoms with van der Waals surface area (Å²) in [5.74, 6) is -0.850. The van der Waals surface area contributed by atoms with E-state index in [0.717, 1.165) is 25.7 Å². The lowest BCUT2D eigenvalue weighted by Crippen LogP contribution is -2.53. The zero-order chi connectivity index (χ0) is 15.7. The third-order valence-corrected chi connectivity index (χ3v) is 4.88. The van der Waals surface area contributed by atoms with Crippen molar-refractivity contribution in [1.29, 1.82) is 0 Å². The average molecular weight is 298 g/mol. The van der Waals surface area contributed by atoms with E-state index < -0.39 is 17.0 Å². The number of hydrogen-bond acceptors (Lipinski definition) is 3. The molecule has 0 bridgehead atoms. The summed E-state index contributed by atoms with van der Waals surface area (Å²) in [7, 11) is 1.69. The van der Waals surface area contributed by atoms with Gasteiger partial charge in [0, 0.05) is 20.1 Å². The van der Waals surface area contributed by atoms with E-state index in [4.69, 9.17) is 0 Å². The van der Waals surface area contributed by atoms with Crippen LogP contribution in [-0.2, 0) is 4.79 Å². The normalized spacial score (nSPS) is 28.4. The second-order valence-electron chi connectivity index (χ2n) is 6.96. The monoisotopic (exact) mass is 298 g/mol. The molecule has 1 aliphatic carbocycles. The summed E-state index contributed by atoms with van der Waals surface area (Å²) in [4.78, 5) is 27.0. The molecule has 120 valence electrons. The minimum absolute atomic E-state index is 0.178. The summed E-state index contributed by atoms with van der Waals surface area (Å²) in [6.45, 7) is 2.85. The third kappa shape index (κ3) is 3.48. The maximum atomic E-state index is 12.5. The second kappa shape index (κ2) is 5.83. The highest BCUT2D eigenvalue weighted by atomic mass is 16.4. The first-order valence-electron chi connectivity index (χ1n) is 7.72. The summed E-state index contributed by atoms with van der Waals surface area (Å²) < 4.78 is 0. The predicted octanol–water partition coefficient (Wildman–Crippen LogP) is 1.53. The van der Waals surface area contributed by atoms with Crippen LogP contribution in [0.5, 0.6) is 0 Å². The van der Waals surface area contributed by atoms with Crippen molar-refractivity contribution in [3.8, 4) is 0 Å². The van der Waals surface area contributed by atoms with Crippen molar-refractivity contribution in [2.75, 3.05) is 26.7 Å². The Morgan fingerprint density at radius 3 is 2.38 bits per heavy atom. The first-order chi connectivity index (χ1) is 9.76. The first-order valence-corrected chi connectivity index (χ1v) is 7.72. The number of aliphatic carboxylic acids is 1. The Balaban J connectivity index is 1.97. The standard InChI is InChI=1S/C15H26N2O4/c1-14(12(18)19)6-5-9-17(10-14)13(20)16(2)11-15(21)7-3-4-8-15/h21H,3-11H2,1-2H3,(H,18,19). The van der Waals surface area contributed by atoms with Crippen molar-refractivity contribution in [3.63, 3.8) is 0 Å². The molecular weight excluding hydrogens is 272 g/mol. The molecule has 2 aliphatic rings. The van der Waals surface area contributed by atoms with Crippen LogP contribution < -0.4 is 0 Å². The van der Waals surface area contributed by atoms with E-state index in [-0.39, 0.29) is 12.6 Å². The second-order valence-corrected chi connectivity index (χ2v) is 6.96. The summed E-state index contributed by atoms with van der Waals surface area (Å²) in [6, 6.07) is -0.178. The molecule has 0 aromatic carbocycles. The third-order valence-electron chi connectivity index (χ3n) is 4.88. The van der Waals surface area contributed by atoms with E-state index in [1.165, 1.54) is 0 Å². The van der Waals surface area contributed by atoms with Gasteiger partial charge in [0.1, 0.15) is 0 Å². The van der Waals surface area contributed by atoms with Crippen LogP contribution in [0.1, 0.15) is 45.4 Å². The van der Waals surface area contributed by atoms with Gasteiger partial charge in [0.2, 0.25) is 0 Å². The number of hydrogen-bond donors (Lipinski definition) is 2. The fraction of sp³-hybridized carbons (Fsp3) is 0.867. The zero-order valence-corrected chi connectivity index (χ0v) is 13.0. The molecule has 6 nitrogen and oxygen atoms in total. The SMILES string of the molecule is CN(CC1(O)CCCC1)C(=O)N1CCCC(C)(C(=O)O)C1. The van der Waals surface area contributed by atoms with Gasteiger partial charge >= 0.3 is 12.0 Å². The average Bonchev–Trinajstić information content (AvgIpc) is 2.84. The Morgan fingerprint density at radius 1 is 1.19 bits per heavy atom. The van der Waals surface area contributed by atoms with E-state index in [2.05, 4.69) is 0 Å². The highest BCUT2D eigenvalue weighted by molar-refractivity contribution is 5.78. The summed E-state index contributed by atoms with van der Waals surface area (Å²) >= 11 is 0. The number of rotatable bonds is 3. The molecule has 2 N–H and O–H groups in total. The fourth-order valence-corrected chi connectivity index (χ4v) is 3.52. The maximum absolute atomic E-state index is 12.5. The zero-order valence-electron chi connectivity index (χ0n) is 13.0. The Kier molecular flexibility index (Phi) is 4.46. The lowest BCUT2D eigenvalue weighted by molar-refractivity contribution is -0.150. The first kappa shape index (κ1) is 16.1.